The van der Waals surface area contributed by atoms with Crippen LogP contribution in [0.15, 0.2) is 22.7 Å². The maximum absolute atomic E-state index is 12.3. The zero-order chi connectivity index (χ0) is 10.9. The standard InChI is InChI=1S/C7H3BrF3NO2/c8-4-1-2-6(12(13)14)5(3-4)7(9,10)11/h1-3H. The molecule has 0 heterocycles. The molecule has 1 aromatic carbocycles. The topological polar surface area (TPSA) is 43.1 Å². The zero-order valence-electron chi connectivity index (χ0n) is 6.51. The van der Waals surface area contributed by atoms with E-state index in [9.17, 15) is 23.3 Å². The highest BCUT2D eigenvalue weighted by Crippen LogP contribution is 2.37. The Kier molecular flexibility index (Phi) is 2.79. The molecule has 0 radical (unpaired) electrons. The Morgan fingerprint density at radius 1 is 1.36 bits per heavy atom. The number of halogens is 4. The van der Waals surface area contributed by atoms with Gasteiger partial charge in [0, 0.05) is 10.5 Å². The van der Waals surface area contributed by atoms with Crippen LogP contribution in [0, 0.1) is 10.1 Å². The van der Waals surface area contributed by atoms with Crippen LogP contribution in [0.3, 0.4) is 0 Å². The summed E-state index contributed by atoms with van der Waals surface area (Å²) in [5.74, 6) is 0. The SMILES string of the molecule is O=[N+]([O-])c1ccc(Br)cc1C(F)(F)F. The Labute approximate surface area is 84.8 Å². The van der Waals surface area contributed by atoms with Crippen LogP contribution in [0.25, 0.3) is 0 Å². The first kappa shape index (κ1) is 11.0. The van der Waals surface area contributed by atoms with Gasteiger partial charge in [-0.1, -0.05) is 15.9 Å². The molecular formula is C7H3BrF3NO2. The predicted molar refractivity (Wildman–Crippen MR) is 45.8 cm³/mol. The monoisotopic (exact) mass is 269 g/mol. The first-order valence-corrected chi connectivity index (χ1v) is 4.13. The fourth-order valence-corrected chi connectivity index (χ4v) is 1.26. The quantitative estimate of drug-likeness (QED) is 0.580. The summed E-state index contributed by atoms with van der Waals surface area (Å²) in [4.78, 5) is 9.21. The van der Waals surface area contributed by atoms with Gasteiger partial charge in [0.1, 0.15) is 5.56 Å². The molecule has 0 unspecified atom stereocenters. The van der Waals surface area contributed by atoms with Crippen LogP contribution in [-0.2, 0) is 6.18 Å². The van der Waals surface area contributed by atoms with Gasteiger partial charge in [0.15, 0.2) is 0 Å². The van der Waals surface area contributed by atoms with Crippen LogP contribution < -0.4 is 0 Å². The highest BCUT2D eigenvalue weighted by atomic mass is 79.9. The molecule has 0 amide bonds. The van der Waals surface area contributed by atoms with Crippen LogP contribution in [-0.4, -0.2) is 4.92 Å². The molecule has 0 N–H and O–H groups in total. The lowest BCUT2D eigenvalue weighted by atomic mass is 10.2. The second-order valence-corrected chi connectivity index (χ2v) is 3.33. The molecule has 1 aromatic rings. The number of alkyl halides is 3. The molecule has 76 valence electrons. The number of rotatable bonds is 1. The molecule has 7 heteroatoms. The van der Waals surface area contributed by atoms with Gasteiger partial charge in [-0.05, 0) is 12.1 Å². The van der Waals surface area contributed by atoms with Gasteiger partial charge in [0.25, 0.3) is 5.69 Å². The Bertz CT molecular complexity index is 378. The Morgan fingerprint density at radius 3 is 2.36 bits per heavy atom. The van der Waals surface area contributed by atoms with Gasteiger partial charge < -0.3 is 0 Å². The molecule has 0 aromatic heterocycles. The minimum atomic E-state index is -4.72. The maximum Gasteiger partial charge on any atom is 0.423 e. The number of nitro benzene ring substituents is 1. The summed E-state index contributed by atoms with van der Waals surface area (Å²) in [6.45, 7) is 0. The van der Waals surface area contributed by atoms with E-state index in [0.717, 1.165) is 6.07 Å². The number of benzene rings is 1. The van der Waals surface area contributed by atoms with Crippen LogP contribution in [0.5, 0.6) is 0 Å². The maximum atomic E-state index is 12.3. The van der Waals surface area contributed by atoms with Gasteiger partial charge >= 0.3 is 6.18 Å². The smallest absolute Gasteiger partial charge is 0.258 e. The van der Waals surface area contributed by atoms with Gasteiger partial charge in [0.2, 0.25) is 0 Å². The molecule has 0 saturated carbocycles. The summed E-state index contributed by atoms with van der Waals surface area (Å²) >= 11 is 2.82. The van der Waals surface area contributed by atoms with E-state index in [1.54, 1.807) is 0 Å². The third kappa shape index (κ3) is 2.22. The second-order valence-electron chi connectivity index (χ2n) is 2.42. The van der Waals surface area contributed by atoms with Crippen molar-refractivity contribution < 1.29 is 18.1 Å². The van der Waals surface area contributed by atoms with Gasteiger partial charge in [0.05, 0.1) is 4.92 Å². The second kappa shape index (κ2) is 3.56. The van der Waals surface area contributed by atoms with Crippen molar-refractivity contribution in [1.82, 2.24) is 0 Å². The van der Waals surface area contributed by atoms with E-state index in [4.69, 9.17) is 0 Å². The average molecular weight is 270 g/mol. The van der Waals surface area contributed by atoms with Crippen molar-refractivity contribution in [3.63, 3.8) is 0 Å². The molecule has 14 heavy (non-hydrogen) atoms. The lowest BCUT2D eigenvalue weighted by Crippen LogP contribution is -2.08. The van der Waals surface area contributed by atoms with Crippen LogP contribution in [0.1, 0.15) is 5.56 Å². The summed E-state index contributed by atoms with van der Waals surface area (Å²) in [7, 11) is 0. The molecule has 0 aliphatic carbocycles. The van der Waals surface area contributed by atoms with Gasteiger partial charge in [-0.3, -0.25) is 10.1 Å². The van der Waals surface area contributed by atoms with Crippen molar-refractivity contribution in [2.75, 3.05) is 0 Å². The molecule has 0 aliphatic heterocycles. The largest absolute Gasteiger partial charge is 0.423 e. The lowest BCUT2D eigenvalue weighted by molar-refractivity contribution is -0.388. The van der Waals surface area contributed by atoms with Crippen LogP contribution in [0.2, 0.25) is 0 Å². The number of hydrogen-bond acceptors (Lipinski definition) is 2. The molecule has 1 rings (SSSR count). The summed E-state index contributed by atoms with van der Waals surface area (Å²) in [6, 6.07) is 2.68. The van der Waals surface area contributed by atoms with E-state index in [2.05, 4.69) is 15.9 Å². The predicted octanol–water partition coefficient (Wildman–Crippen LogP) is 3.38. The van der Waals surface area contributed by atoms with Crippen molar-refractivity contribution in [2.24, 2.45) is 0 Å². The van der Waals surface area contributed by atoms with Gasteiger partial charge in [-0.2, -0.15) is 13.2 Å². The summed E-state index contributed by atoms with van der Waals surface area (Å²) in [6.07, 6.45) is -4.72. The lowest BCUT2D eigenvalue weighted by Gasteiger charge is -2.06. The average Bonchev–Trinajstić information content (AvgIpc) is 2.01. The van der Waals surface area contributed by atoms with E-state index in [-0.39, 0.29) is 4.47 Å². The molecule has 0 bridgehead atoms. The van der Waals surface area contributed by atoms with Crippen LogP contribution >= 0.6 is 15.9 Å². The molecule has 3 nitrogen and oxygen atoms in total. The third-order valence-electron chi connectivity index (χ3n) is 1.46. The van der Waals surface area contributed by atoms with Crippen molar-refractivity contribution in [3.8, 4) is 0 Å². The van der Waals surface area contributed by atoms with Crippen molar-refractivity contribution in [3.05, 3.63) is 38.3 Å². The fourth-order valence-electron chi connectivity index (χ4n) is 0.895. The first-order chi connectivity index (χ1) is 6.32. The highest BCUT2D eigenvalue weighted by Gasteiger charge is 2.38. The van der Waals surface area contributed by atoms with Crippen molar-refractivity contribution in [1.29, 1.82) is 0 Å². The number of nitrogens with zero attached hydrogens (tertiary/aromatic N) is 1. The fraction of sp³-hybridized carbons (Fsp3) is 0.143. The molecular weight excluding hydrogens is 267 g/mol. The van der Waals surface area contributed by atoms with E-state index in [1.807, 2.05) is 0 Å². The highest BCUT2D eigenvalue weighted by molar-refractivity contribution is 9.10. The number of nitro groups is 1. The van der Waals surface area contributed by atoms with Crippen LogP contribution in [0.4, 0.5) is 18.9 Å². The molecule has 0 fully saturated rings. The molecule has 0 saturated heterocycles. The van der Waals surface area contributed by atoms with Gasteiger partial charge in [-0.15, -0.1) is 0 Å². The van der Waals surface area contributed by atoms with Crippen molar-refractivity contribution in [2.45, 2.75) is 6.18 Å². The normalized spacial score (nSPS) is 11.4. The molecule has 0 aliphatic rings. The first-order valence-electron chi connectivity index (χ1n) is 3.33. The summed E-state index contributed by atoms with van der Waals surface area (Å²) in [5, 5.41) is 10.3. The van der Waals surface area contributed by atoms with Crippen molar-refractivity contribution >= 4 is 21.6 Å². The van der Waals surface area contributed by atoms with Gasteiger partial charge in [-0.25, -0.2) is 0 Å². The van der Waals surface area contributed by atoms with E-state index >= 15 is 0 Å². The number of hydrogen-bond donors (Lipinski definition) is 0. The Hall–Kier alpha value is -1.11. The van der Waals surface area contributed by atoms with E-state index in [1.165, 1.54) is 6.07 Å². The van der Waals surface area contributed by atoms with E-state index in [0.29, 0.717) is 6.07 Å². The third-order valence-corrected chi connectivity index (χ3v) is 1.95. The Balaban J connectivity index is 3.38. The molecule has 0 atom stereocenters. The Morgan fingerprint density at radius 2 is 1.93 bits per heavy atom. The molecule has 0 spiro atoms. The van der Waals surface area contributed by atoms with E-state index < -0.39 is 22.4 Å². The minimum absolute atomic E-state index is 0.149. The summed E-state index contributed by atoms with van der Waals surface area (Å²) in [5.41, 5.74) is -2.20. The summed E-state index contributed by atoms with van der Waals surface area (Å²) < 4.78 is 36.9. The minimum Gasteiger partial charge on any atom is -0.258 e. The zero-order valence-corrected chi connectivity index (χ0v) is 8.09.